The lowest BCUT2D eigenvalue weighted by Crippen LogP contribution is -2.42. The molecule has 204 valence electrons. The Bertz CT molecular complexity index is 805. The molecule has 9 heteroatoms. The van der Waals surface area contributed by atoms with Crippen LogP contribution in [0.3, 0.4) is 0 Å². The zero-order chi connectivity index (χ0) is 26.1. The topological polar surface area (TPSA) is 77.5 Å². The predicted octanol–water partition coefficient (Wildman–Crippen LogP) is 3.17. The van der Waals surface area contributed by atoms with Crippen molar-refractivity contribution in [1.82, 2.24) is 14.1 Å². The van der Waals surface area contributed by atoms with Crippen LogP contribution in [0.5, 0.6) is 5.75 Å². The molecule has 0 radical (unpaired) electrons. The van der Waals surface area contributed by atoms with Crippen LogP contribution in [0.1, 0.15) is 49.7 Å². The molecule has 36 heavy (non-hydrogen) atoms. The van der Waals surface area contributed by atoms with Crippen LogP contribution < -0.4 is 4.74 Å². The fraction of sp³-hybridized carbons (Fsp3) is 0.741. The van der Waals surface area contributed by atoms with Crippen molar-refractivity contribution in [3.05, 3.63) is 23.3 Å². The molecule has 1 heterocycles. The van der Waals surface area contributed by atoms with E-state index in [1.807, 2.05) is 45.0 Å². The number of hydrogen-bond acceptors (Lipinski definition) is 7. The molecule has 0 aromatic heterocycles. The first-order chi connectivity index (χ1) is 17.3. The van der Waals surface area contributed by atoms with Crippen LogP contribution in [0.25, 0.3) is 0 Å². The van der Waals surface area contributed by atoms with E-state index < -0.39 is 11.4 Å². The molecule has 1 atom stereocenters. The molecule has 8 nitrogen and oxygen atoms in total. The maximum atomic E-state index is 13.0. The summed E-state index contributed by atoms with van der Waals surface area (Å²) in [6, 6.07) is 4.04. The van der Waals surface area contributed by atoms with Crippen molar-refractivity contribution in [2.24, 2.45) is 0 Å². The van der Waals surface area contributed by atoms with Crippen molar-refractivity contribution in [2.75, 3.05) is 67.2 Å². The molecular formula is C27H45N3O5S. The van der Waals surface area contributed by atoms with Gasteiger partial charge >= 0.3 is 0 Å². The van der Waals surface area contributed by atoms with Gasteiger partial charge in [0.25, 0.3) is 0 Å². The molecule has 1 aliphatic heterocycles. The Balaban J connectivity index is 1.32. The predicted molar refractivity (Wildman–Crippen MR) is 143 cm³/mol. The standard InChI is InChI=1S/C27H45N3O5S/c1-21-18-25(33-5)19-22(2)27(21)36(32)28(3)14-16-34-20-26(31)29(4)23-8-10-24(11-9-23)35-17-15-30-12-6-7-13-30/h18-19,23-24H,6-17,20H2,1-5H3/t23-,24+,36?. The maximum Gasteiger partial charge on any atom is 0.248 e. The van der Waals surface area contributed by atoms with Crippen molar-refractivity contribution in [1.29, 1.82) is 0 Å². The second-order valence-corrected chi connectivity index (χ2v) is 11.6. The second-order valence-electron chi connectivity index (χ2n) is 10.1. The Kier molecular flexibility index (Phi) is 11.8. The molecule has 1 aromatic carbocycles. The summed E-state index contributed by atoms with van der Waals surface area (Å²) >= 11 is -1.31. The van der Waals surface area contributed by atoms with Crippen LogP contribution in [-0.2, 0) is 25.6 Å². The molecular weight excluding hydrogens is 478 g/mol. The van der Waals surface area contributed by atoms with Gasteiger partial charge in [-0.15, -0.1) is 4.31 Å². The van der Waals surface area contributed by atoms with Gasteiger partial charge in [0.05, 0.1) is 44.3 Å². The van der Waals surface area contributed by atoms with Gasteiger partial charge in [0.2, 0.25) is 5.91 Å². The van der Waals surface area contributed by atoms with E-state index in [9.17, 15) is 9.35 Å². The van der Waals surface area contributed by atoms with Gasteiger partial charge < -0.3 is 28.6 Å². The van der Waals surface area contributed by atoms with Crippen molar-refractivity contribution in [2.45, 2.75) is 69.4 Å². The number of amides is 1. The number of carbonyl (C=O) groups excluding carboxylic acids is 1. The lowest BCUT2D eigenvalue weighted by molar-refractivity contribution is -0.138. The summed E-state index contributed by atoms with van der Waals surface area (Å²) in [6.07, 6.45) is 6.90. The van der Waals surface area contributed by atoms with E-state index in [4.69, 9.17) is 14.2 Å². The maximum absolute atomic E-state index is 13.0. The highest BCUT2D eigenvalue weighted by Crippen LogP contribution is 2.28. The van der Waals surface area contributed by atoms with Crippen LogP contribution >= 0.6 is 0 Å². The minimum absolute atomic E-state index is 0.000907. The normalized spacial score (nSPS) is 21.6. The number of carbonyl (C=O) groups is 1. The quantitative estimate of drug-likeness (QED) is 0.290. The SMILES string of the molecule is COc1cc(C)c([S+]([O-])N(C)CCOCC(=O)N(C)[C@H]2CC[C@@H](OCCN3CCCC3)CC2)c(C)c1. The largest absolute Gasteiger partial charge is 0.593 e. The van der Waals surface area contributed by atoms with E-state index >= 15 is 0 Å². The molecule has 0 N–H and O–H groups in total. The third kappa shape index (κ3) is 8.33. The molecule has 1 saturated heterocycles. The first-order valence-electron chi connectivity index (χ1n) is 13.3. The van der Waals surface area contributed by atoms with Crippen LogP contribution in [0, 0.1) is 13.8 Å². The Morgan fingerprint density at radius 3 is 2.33 bits per heavy atom. The van der Waals surface area contributed by atoms with Crippen LogP contribution in [0.2, 0.25) is 0 Å². The molecule has 2 fully saturated rings. The lowest BCUT2D eigenvalue weighted by atomic mass is 9.92. The number of hydrogen-bond donors (Lipinski definition) is 0. The van der Waals surface area contributed by atoms with Crippen molar-refractivity contribution < 1.29 is 23.6 Å². The van der Waals surface area contributed by atoms with Gasteiger partial charge in [-0.25, -0.2) is 0 Å². The third-order valence-corrected chi connectivity index (χ3v) is 9.19. The molecule has 1 unspecified atom stereocenters. The fourth-order valence-corrected chi connectivity index (χ4v) is 6.38. The number of likely N-dealkylation sites (tertiary alicyclic amines) is 1. The van der Waals surface area contributed by atoms with Gasteiger partial charge in [-0.1, -0.05) is 0 Å². The van der Waals surface area contributed by atoms with Gasteiger partial charge in [0.1, 0.15) is 12.4 Å². The van der Waals surface area contributed by atoms with E-state index in [1.54, 1.807) is 11.4 Å². The summed E-state index contributed by atoms with van der Waals surface area (Å²) < 4.78 is 31.9. The van der Waals surface area contributed by atoms with E-state index in [0.717, 1.165) is 60.6 Å². The van der Waals surface area contributed by atoms with Crippen molar-refractivity contribution >= 4 is 17.3 Å². The second kappa shape index (κ2) is 14.5. The zero-order valence-electron chi connectivity index (χ0n) is 22.8. The molecule has 0 spiro atoms. The molecule has 1 amide bonds. The first kappa shape index (κ1) is 29.2. The Hall–Kier alpha value is -1.36. The molecule has 1 aliphatic carbocycles. The minimum atomic E-state index is -1.31. The van der Waals surface area contributed by atoms with E-state index in [-0.39, 0.29) is 18.6 Å². The molecule has 0 bridgehead atoms. The van der Waals surface area contributed by atoms with Crippen LogP contribution in [0.15, 0.2) is 17.0 Å². The van der Waals surface area contributed by atoms with E-state index in [2.05, 4.69) is 4.90 Å². The Morgan fingerprint density at radius 1 is 1.08 bits per heavy atom. The lowest BCUT2D eigenvalue weighted by Gasteiger charge is -2.34. The number of benzene rings is 1. The first-order valence-corrected chi connectivity index (χ1v) is 14.4. The van der Waals surface area contributed by atoms with E-state index in [1.165, 1.54) is 25.9 Å². The average molecular weight is 524 g/mol. The van der Waals surface area contributed by atoms with Gasteiger partial charge in [-0.2, -0.15) is 0 Å². The van der Waals surface area contributed by atoms with E-state index in [0.29, 0.717) is 19.3 Å². The number of aryl methyl sites for hydroxylation is 2. The number of rotatable bonds is 13. The highest BCUT2D eigenvalue weighted by atomic mass is 32.2. The molecule has 2 aliphatic rings. The Morgan fingerprint density at radius 2 is 1.72 bits per heavy atom. The fourth-order valence-electron chi connectivity index (χ4n) is 5.15. The molecule has 1 saturated carbocycles. The number of likely N-dealkylation sites (N-methyl/N-ethyl adjacent to an activating group) is 2. The van der Waals surface area contributed by atoms with Gasteiger partial charge in [0, 0.05) is 37.8 Å². The zero-order valence-corrected chi connectivity index (χ0v) is 23.6. The number of methoxy groups -OCH3 is 1. The van der Waals surface area contributed by atoms with Crippen LogP contribution in [0.4, 0.5) is 0 Å². The monoisotopic (exact) mass is 523 g/mol. The van der Waals surface area contributed by atoms with Gasteiger partial charge in [-0.05, 0) is 77.6 Å². The van der Waals surface area contributed by atoms with Gasteiger partial charge in [0.15, 0.2) is 4.90 Å². The highest BCUT2D eigenvalue weighted by Gasteiger charge is 2.28. The summed E-state index contributed by atoms with van der Waals surface area (Å²) in [5.41, 5.74) is 1.86. The number of nitrogens with zero attached hydrogens (tertiary/aromatic N) is 3. The smallest absolute Gasteiger partial charge is 0.248 e. The highest BCUT2D eigenvalue weighted by molar-refractivity contribution is 7.89. The summed E-state index contributed by atoms with van der Waals surface area (Å²) in [7, 11) is 5.31. The summed E-state index contributed by atoms with van der Waals surface area (Å²) in [5, 5.41) is 0. The van der Waals surface area contributed by atoms with Crippen LogP contribution in [-0.4, -0.2) is 104 Å². The molecule has 1 aromatic rings. The Labute approximate surface area is 220 Å². The minimum Gasteiger partial charge on any atom is -0.593 e. The summed E-state index contributed by atoms with van der Waals surface area (Å²) in [4.78, 5) is 17.8. The van der Waals surface area contributed by atoms with Crippen molar-refractivity contribution in [3.8, 4) is 5.75 Å². The third-order valence-electron chi connectivity index (χ3n) is 7.45. The van der Waals surface area contributed by atoms with Gasteiger partial charge in [-0.3, -0.25) is 4.79 Å². The summed E-state index contributed by atoms with van der Waals surface area (Å²) in [6.45, 7) is 9.01. The van der Waals surface area contributed by atoms with Crippen molar-refractivity contribution in [3.63, 3.8) is 0 Å². The summed E-state index contributed by atoms with van der Waals surface area (Å²) in [5.74, 6) is 0.761. The number of ether oxygens (including phenoxy) is 3. The molecule has 3 rings (SSSR count). The average Bonchev–Trinajstić information content (AvgIpc) is 3.39.